The molecule has 0 aliphatic carbocycles. The molecule has 6 heteroatoms. The number of Topliss-reactive ketones (excluding diaryl/α,β-unsaturated/α-hetero) is 1. The molecule has 0 fully saturated rings. The number of esters is 1. The molecule has 0 aliphatic rings. The van der Waals surface area contributed by atoms with E-state index in [9.17, 15) is 14.4 Å². The molecule has 0 saturated carbocycles. The molecule has 0 atom stereocenters. The van der Waals surface area contributed by atoms with Crippen LogP contribution in [-0.2, 0) is 20.7 Å². The Morgan fingerprint density at radius 2 is 1.77 bits per heavy atom. The lowest BCUT2D eigenvalue weighted by Crippen LogP contribution is -2.28. The second-order valence-corrected chi connectivity index (χ2v) is 5.79. The number of rotatable bonds is 5. The number of fused-ring (bicyclic) bond motifs is 1. The van der Waals surface area contributed by atoms with Crippen LogP contribution in [0, 0.1) is 6.92 Å². The maximum absolute atomic E-state index is 13.1. The number of nitrogens with zero attached hydrogens (tertiary/aromatic N) is 2. The van der Waals surface area contributed by atoms with Crippen molar-refractivity contribution in [3.63, 3.8) is 0 Å². The first kappa shape index (κ1) is 17.5. The molecule has 6 nitrogen and oxygen atoms in total. The fraction of sp³-hybridized carbons (Fsp3) is 0.200. The Morgan fingerprint density at radius 3 is 2.50 bits per heavy atom. The zero-order chi connectivity index (χ0) is 18.7. The molecule has 0 amide bonds. The summed E-state index contributed by atoms with van der Waals surface area (Å²) in [6.07, 6.45) is -0.312. The van der Waals surface area contributed by atoms with Crippen LogP contribution in [0.1, 0.15) is 18.3 Å². The van der Waals surface area contributed by atoms with Crippen molar-refractivity contribution < 1.29 is 14.3 Å². The highest BCUT2D eigenvalue weighted by Crippen LogP contribution is 2.17. The van der Waals surface area contributed by atoms with Gasteiger partial charge < -0.3 is 4.74 Å². The van der Waals surface area contributed by atoms with Crippen molar-refractivity contribution in [3.05, 3.63) is 70.3 Å². The molecule has 1 heterocycles. The number of carbonyl (C=O) groups excluding carboxylic acids is 2. The molecule has 0 bridgehead atoms. The van der Waals surface area contributed by atoms with E-state index >= 15 is 0 Å². The monoisotopic (exact) mass is 350 g/mol. The Kier molecular flexibility index (Phi) is 4.93. The molecule has 0 radical (unpaired) electrons. The quantitative estimate of drug-likeness (QED) is 0.521. The van der Waals surface area contributed by atoms with Crippen molar-refractivity contribution >= 4 is 22.7 Å². The third-order valence-electron chi connectivity index (χ3n) is 4.02. The van der Waals surface area contributed by atoms with Gasteiger partial charge in [-0.05, 0) is 37.6 Å². The van der Waals surface area contributed by atoms with E-state index < -0.39 is 11.8 Å². The number of benzene rings is 2. The summed E-state index contributed by atoms with van der Waals surface area (Å²) in [5.74, 6) is -1.45. The highest BCUT2D eigenvalue weighted by Gasteiger charge is 2.21. The molecule has 3 aromatic rings. The van der Waals surface area contributed by atoms with Crippen LogP contribution in [0.25, 0.3) is 16.6 Å². The summed E-state index contributed by atoms with van der Waals surface area (Å²) >= 11 is 0. The number of aryl methyl sites for hydroxylation is 1. The van der Waals surface area contributed by atoms with Crippen LogP contribution in [0.4, 0.5) is 0 Å². The molecule has 132 valence electrons. The second-order valence-electron chi connectivity index (χ2n) is 5.79. The standard InChI is InChI=1S/C20H18N2O4/c1-3-26-20(25)17(23)12-18-21-15-10-6-5-9-14(15)19(24)22(18)16-11-7-4-8-13(16)2/h4-11H,3,12H2,1-2H3. The zero-order valence-corrected chi connectivity index (χ0v) is 14.6. The van der Waals surface area contributed by atoms with E-state index in [-0.39, 0.29) is 24.4 Å². The van der Waals surface area contributed by atoms with Crippen molar-refractivity contribution in [2.75, 3.05) is 6.61 Å². The Balaban J connectivity index is 2.22. The predicted molar refractivity (Wildman–Crippen MR) is 97.4 cm³/mol. The van der Waals surface area contributed by atoms with Gasteiger partial charge in [-0.2, -0.15) is 0 Å². The molecule has 1 aromatic heterocycles. The molecule has 26 heavy (non-hydrogen) atoms. The maximum Gasteiger partial charge on any atom is 0.375 e. The number of hydrogen-bond donors (Lipinski definition) is 0. The van der Waals surface area contributed by atoms with Crippen LogP contribution in [-0.4, -0.2) is 27.9 Å². The van der Waals surface area contributed by atoms with Crippen molar-refractivity contribution in [2.45, 2.75) is 20.3 Å². The van der Waals surface area contributed by atoms with E-state index in [2.05, 4.69) is 4.98 Å². The summed E-state index contributed by atoms with van der Waals surface area (Å²) in [5, 5.41) is 0.447. The lowest BCUT2D eigenvalue weighted by Gasteiger charge is -2.15. The molecule has 0 N–H and O–H groups in total. The number of carbonyl (C=O) groups is 2. The van der Waals surface area contributed by atoms with Crippen LogP contribution in [0.2, 0.25) is 0 Å². The first-order valence-electron chi connectivity index (χ1n) is 8.29. The van der Waals surface area contributed by atoms with Gasteiger partial charge in [-0.15, -0.1) is 0 Å². The van der Waals surface area contributed by atoms with Crippen molar-refractivity contribution in [1.29, 1.82) is 0 Å². The largest absolute Gasteiger partial charge is 0.460 e. The third-order valence-corrected chi connectivity index (χ3v) is 4.02. The van der Waals surface area contributed by atoms with E-state index in [0.717, 1.165) is 5.56 Å². The molecule has 0 spiro atoms. The second kappa shape index (κ2) is 7.31. The first-order valence-corrected chi connectivity index (χ1v) is 8.29. The lowest BCUT2D eigenvalue weighted by atomic mass is 10.1. The van der Waals surface area contributed by atoms with Gasteiger partial charge in [-0.3, -0.25) is 14.2 Å². The Bertz CT molecular complexity index is 1050. The van der Waals surface area contributed by atoms with Gasteiger partial charge in [0.2, 0.25) is 5.78 Å². The van der Waals surface area contributed by atoms with Gasteiger partial charge in [0.05, 0.1) is 29.6 Å². The minimum atomic E-state index is -0.925. The smallest absolute Gasteiger partial charge is 0.375 e. The third kappa shape index (κ3) is 3.26. The van der Waals surface area contributed by atoms with Gasteiger partial charge in [0.15, 0.2) is 0 Å². The summed E-state index contributed by atoms with van der Waals surface area (Å²) < 4.78 is 6.16. The highest BCUT2D eigenvalue weighted by atomic mass is 16.5. The SMILES string of the molecule is CCOC(=O)C(=O)Cc1nc2ccccc2c(=O)n1-c1ccccc1C. The summed E-state index contributed by atoms with van der Waals surface area (Å²) in [6.45, 7) is 3.61. The fourth-order valence-electron chi connectivity index (χ4n) is 2.79. The van der Waals surface area contributed by atoms with Crippen molar-refractivity contribution in [3.8, 4) is 5.69 Å². The predicted octanol–water partition coefficient (Wildman–Crippen LogP) is 2.37. The van der Waals surface area contributed by atoms with Gasteiger partial charge >= 0.3 is 5.97 Å². The molecule has 0 aliphatic heterocycles. The van der Waals surface area contributed by atoms with Crippen LogP contribution < -0.4 is 5.56 Å². The molecule has 2 aromatic carbocycles. The van der Waals surface area contributed by atoms with Gasteiger partial charge in [-0.1, -0.05) is 30.3 Å². The first-order chi connectivity index (χ1) is 12.5. The maximum atomic E-state index is 13.1. The minimum absolute atomic E-state index is 0.111. The van der Waals surface area contributed by atoms with E-state index in [1.807, 2.05) is 19.1 Å². The van der Waals surface area contributed by atoms with Gasteiger partial charge in [0.1, 0.15) is 5.82 Å². The number of ether oxygens (including phenoxy) is 1. The number of aromatic nitrogens is 2. The number of ketones is 1. The zero-order valence-electron chi connectivity index (χ0n) is 14.6. The summed E-state index contributed by atoms with van der Waals surface area (Å²) in [4.78, 5) is 41.5. The van der Waals surface area contributed by atoms with Gasteiger partial charge in [0, 0.05) is 0 Å². The number of para-hydroxylation sites is 2. The Labute approximate surface area is 150 Å². The summed E-state index contributed by atoms with van der Waals surface area (Å²) in [5.41, 5.74) is 1.68. The average Bonchev–Trinajstić information content (AvgIpc) is 2.63. The Hall–Kier alpha value is -3.28. The van der Waals surface area contributed by atoms with Crippen LogP contribution >= 0.6 is 0 Å². The van der Waals surface area contributed by atoms with E-state index in [4.69, 9.17) is 4.74 Å². The topological polar surface area (TPSA) is 78.3 Å². The fourth-order valence-corrected chi connectivity index (χ4v) is 2.79. The minimum Gasteiger partial charge on any atom is -0.460 e. The summed E-state index contributed by atoms with van der Waals surface area (Å²) in [7, 11) is 0. The average molecular weight is 350 g/mol. The Morgan fingerprint density at radius 1 is 1.08 bits per heavy atom. The molecular weight excluding hydrogens is 332 g/mol. The molecule has 0 saturated heterocycles. The number of hydrogen-bond acceptors (Lipinski definition) is 5. The van der Waals surface area contributed by atoms with Crippen molar-refractivity contribution in [1.82, 2.24) is 9.55 Å². The molecular formula is C20H18N2O4. The van der Waals surface area contributed by atoms with Crippen LogP contribution in [0.5, 0.6) is 0 Å². The normalized spacial score (nSPS) is 10.7. The van der Waals surface area contributed by atoms with Crippen molar-refractivity contribution in [2.24, 2.45) is 0 Å². The van der Waals surface area contributed by atoms with E-state index in [1.165, 1.54) is 4.57 Å². The lowest BCUT2D eigenvalue weighted by molar-refractivity contribution is -0.153. The van der Waals surface area contributed by atoms with E-state index in [0.29, 0.717) is 16.6 Å². The van der Waals surface area contributed by atoms with E-state index in [1.54, 1.807) is 43.3 Å². The van der Waals surface area contributed by atoms with Gasteiger partial charge in [-0.25, -0.2) is 9.78 Å². The van der Waals surface area contributed by atoms with Crippen LogP contribution in [0.3, 0.4) is 0 Å². The summed E-state index contributed by atoms with van der Waals surface area (Å²) in [6, 6.07) is 14.2. The van der Waals surface area contributed by atoms with Crippen LogP contribution in [0.15, 0.2) is 53.3 Å². The highest BCUT2D eigenvalue weighted by molar-refractivity contribution is 6.34. The molecule has 3 rings (SSSR count). The van der Waals surface area contributed by atoms with Gasteiger partial charge in [0.25, 0.3) is 5.56 Å². The molecule has 0 unspecified atom stereocenters.